The van der Waals surface area contributed by atoms with Gasteiger partial charge in [-0.25, -0.2) is 4.79 Å². The van der Waals surface area contributed by atoms with Crippen LogP contribution in [0.3, 0.4) is 0 Å². The number of hydrogen-bond acceptors (Lipinski definition) is 20. The van der Waals surface area contributed by atoms with Crippen molar-refractivity contribution in [2.24, 2.45) is 0 Å². The smallest absolute Gasteiger partial charge is 0.364 e. The van der Waals surface area contributed by atoms with E-state index in [9.17, 15) is 75.7 Å². The van der Waals surface area contributed by atoms with E-state index < -0.39 is 155 Å². The summed E-state index contributed by atoms with van der Waals surface area (Å²) in [4.78, 5) is 38.8. The molecule has 0 aromatic rings. The van der Waals surface area contributed by atoms with E-state index in [0.29, 0.717) is 12.8 Å². The minimum atomic E-state index is -3.08. The molecule has 0 radical (unpaired) electrons. The summed E-state index contributed by atoms with van der Waals surface area (Å²) in [5.74, 6) is -6.13. The van der Waals surface area contributed by atoms with E-state index in [1.807, 2.05) is 6.08 Å². The molecule has 108 heavy (non-hydrogen) atoms. The number of carbonyl (C=O) groups is 3. The molecule has 18 unspecified atom stereocenters. The second-order valence-electron chi connectivity index (χ2n) is 32.1. The fourth-order valence-electron chi connectivity index (χ4n) is 15.5. The van der Waals surface area contributed by atoms with Gasteiger partial charge in [0, 0.05) is 19.8 Å². The highest BCUT2D eigenvalue weighted by molar-refractivity contribution is 5.77. The van der Waals surface area contributed by atoms with Crippen molar-refractivity contribution in [3.8, 4) is 0 Å². The summed E-state index contributed by atoms with van der Waals surface area (Å²) in [5.41, 5.74) is 0. The van der Waals surface area contributed by atoms with Crippen LogP contribution < -0.4 is 10.6 Å². The lowest BCUT2D eigenvalue weighted by Crippen LogP contribution is -2.70. The first-order valence-electron chi connectivity index (χ1n) is 44.1. The summed E-state index contributed by atoms with van der Waals surface area (Å²) in [6, 6.07) is -2.62. The first-order valence-corrected chi connectivity index (χ1v) is 44.1. The Morgan fingerprint density at radius 3 is 1.23 bits per heavy atom. The summed E-state index contributed by atoms with van der Waals surface area (Å²) in [6.07, 6.45) is 42.6. The predicted octanol–water partition coefficient (Wildman–Crippen LogP) is 13.3. The zero-order valence-corrected chi connectivity index (χ0v) is 67.7. The number of carbonyl (C=O) groups excluding carboxylic acids is 2. The largest absolute Gasteiger partial charge is 0.477 e. The molecular formula is C85H160N2O21. The van der Waals surface area contributed by atoms with Crippen molar-refractivity contribution in [1.29, 1.82) is 0 Å². The van der Waals surface area contributed by atoms with Gasteiger partial charge in [-0.3, -0.25) is 9.59 Å². The molecule has 3 aliphatic heterocycles. The standard InChI is InChI=1S/C85H160N2O21/c1-4-6-8-10-12-14-16-18-20-22-24-26-28-30-31-32-33-34-35-37-39-41-43-45-47-49-51-53-55-57-59-72(95)87-66(67(92)58-56-54-52-50-48-46-44-42-40-38-36-29-27-25-23-21-19-17-15-13-11-9-7-5-2)64-103-82-77(99)76(98)79(71(63-90)105-82)106-83-78(100)81(75(97)70(62-89)104-83)108-85(84(101)102)60-68(93)73(86-65(3)91)80(107-85)74(96)69(94)61-88/h56,58,66-71,73-83,88-90,92-94,96-100H,4-55,57,59-64H2,1-3H3,(H,86,91)(H,87,95)(H,101,102)/b58-56+. The van der Waals surface area contributed by atoms with Crippen molar-refractivity contribution < 1.29 is 104 Å². The van der Waals surface area contributed by atoms with E-state index >= 15 is 0 Å². The number of hydrogen-bond donors (Lipinski definition) is 14. The van der Waals surface area contributed by atoms with Crippen molar-refractivity contribution in [1.82, 2.24) is 10.6 Å². The minimum Gasteiger partial charge on any atom is -0.477 e. The second kappa shape index (κ2) is 63.7. The van der Waals surface area contributed by atoms with Crippen LogP contribution in [0.2, 0.25) is 0 Å². The van der Waals surface area contributed by atoms with Gasteiger partial charge in [0.05, 0.1) is 50.7 Å². The first kappa shape index (κ1) is 99.7. The van der Waals surface area contributed by atoms with E-state index in [2.05, 4.69) is 24.5 Å². The topological polar surface area (TPSA) is 373 Å². The number of aliphatic carboxylic acids is 1. The van der Waals surface area contributed by atoms with Gasteiger partial charge in [0.1, 0.15) is 67.1 Å². The molecule has 0 bridgehead atoms. The second-order valence-corrected chi connectivity index (χ2v) is 32.1. The van der Waals surface area contributed by atoms with Gasteiger partial charge in [0.25, 0.3) is 5.79 Å². The normalized spacial score (nSPS) is 25.9. The third-order valence-corrected chi connectivity index (χ3v) is 22.5. The van der Waals surface area contributed by atoms with E-state index in [1.165, 1.54) is 283 Å². The van der Waals surface area contributed by atoms with Gasteiger partial charge in [-0.1, -0.05) is 347 Å². The molecule has 23 nitrogen and oxygen atoms in total. The molecule has 3 rings (SSSR count). The fourth-order valence-corrected chi connectivity index (χ4v) is 15.5. The highest BCUT2D eigenvalue weighted by Gasteiger charge is 2.60. The molecule has 14 N–H and O–H groups in total. The van der Waals surface area contributed by atoms with Crippen LogP contribution in [0.4, 0.5) is 0 Å². The van der Waals surface area contributed by atoms with Gasteiger partial charge < -0.3 is 100 Å². The van der Waals surface area contributed by atoms with E-state index in [4.69, 9.17) is 28.4 Å². The van der Waals surface area contributed by atoms with E-state index in [0.717, 1.165) is 51.9 Å². The van der Waals surface area contributed by atoms with Crippen molar-refractivity contribution in [2.75, 3.05) is 26.4 Å². The number of carboxylic acid groups (broad SMARTS) is 1. The maximum atomic E-state index is 13.6. The van der Waals surface area contributed by atoms with Crippen LogP contribution >= 0.6 is 0 Å². The number of unbranched alkanes of at least 4 members (excludes halogenated alkanes) is 51. The number of ether oxygens (including phenoxy) is 6. The Kier molecular flexibility index (Phi) is 58.8. The molecule has 0 spiro atoms. The van der Waals surface area contributed by atoms with Gasteiger partial charge in [-0.05, 0) is 19.3 Å². The Morgan fingerprint density at radius 2 is 0.861 bits per heavy atom. The third kappa shape index (κ3) is 42.7. The summed E-state index contributed by atoms with van der Waals surface area (Å²) in [5, 5.41) is 137. The minimum absolute atomic E-state index is 0.206. The molecule has 0 saturated carbocycles. The lowest BCUT2D eigenvalue weighted by Gasteiger charge is -2.50. The average molecular weight is 1550 g/mol. The van der Waals surface area contributed by atoms with Gasteiger partial charge in [0.15, 0.2) is 12.6 Å². The van der Waals surface area contributed by atoms with Gasteiger partial charge >= 0.3 is 5.97 Å². The Bertz CT molecular complexity index is 2190. The number of allylic oxidation sites excluding steroid dienone is 1. The maximum Gasteiger partial charge on any atom is 0.364 e. The van der Waals surface area contributed by atoms with Gasteiger partial charge in [0.2, 0.25) is 11.8 Å². The van der Waals surface area contributed by atoms with Crippen LogP contribution in [-0.2, 0) is 42.8 Å². The number of nitrogens with one attached hydrogen (secondary N) is 2. The number of carboxylic acids is 1. The van der Waals surface area contributed by atoms with Crippen LogP contribution in [0, 0.1) is 0 Å². The van der Waals surface area contributed by atoms with Crippen LogP contribution in [0.25, 0.3) is 0 Å². The zero-order chi connectivity index (χ0) is 78.8. The van der Waals surface area contributed by atoms with Gasteiger partial charge in [-0.2, -0.15) is 0 Å². The van der Waals surface area contributed by atoms with E-state index in [1.54, 1.807) is 6.08 Å². The molecule has 0 aliphatic carbocycles. The van der Waals surface area contributed by atoms with Crippen molar-refractivity contribution >= 4 is 17.8 Å². The quantitative estimate of drug-likeness (QED) is 0.0199. The molecule has 3 aliphatic rings. The molecule has 23 heteroatoms. The summed E-state index contributed by atoms with van der Waals surface area (Å²) in [6.45, 7) is 2.22. The molecule has 3 heterocycles. The SMILES string of the molecule is CCCCCCCCCCCCCCCCCCCCCCCC/C=C/C(O)C(COC1OC(CO)C(OC2OC(CO)C(O)C(OC3(C(=O)O)CC(O)C(NC(C)=O)C(C(O)C(O)CO)O3)C2O)C(O)C1O)NC(=O)CCCCCCCCCCCCCCCCCCCCCCCCCCCCCCCC. The molecule has 2 amide bonds. The lowest BCUT2D eigenvalue weighted by molar-refractivity contribution is -0.386. The number of rotatable bonds is 71. The molecule has 3 fully saturated rings. The first-order chi connectivity index (χ1) is 52.4. The lowest BCUT2D eigenvalue weighted by atomic mass is 9.88. The molecule has 0 aromatic carbocycles. The summed E-state index contributed by atoms with van der Waals surface area (Å²) in [7, 11) is 0. The van der Waals surface area contributed by atoms with Crippen molar-refractivity contribution in [3.05, 3.63) is 12.2 Å². The maximum absolute atomic E-state index is 13.6. The number of amides is 2. The average Bonchev–Trinajstić information content (AvgIpc) is 0.753. The predicted molar refractivity (Wildman–Crippen MR) is 422 cm³/mol. The Morgan fingerprint density at radius 1 is 0.481 bits per heavy atom. The third-order valence-electron chi connectivity index (χ3n) is 22.5. The van der Waals surface area contributed by atoms with E-state index in [-0.39, 0.29) is 12.3 Å². The van der Waals surface area contributed by atoms with Gasteiger partial charge in [-0.15, -0.1) is 0 Å². The van der Waals surface area contributed by atoms with Crippen molar-refractivity contribution in [3.63, 3.8) is 0 Å². The monoisotopic (exact) mass is 1550 g/mol. The summed E-state index contributed by atoms with van der Waals surface area (Å²) >= 11 is 0. The molecule has 18 atom stereocenters. The molecular weight excluding hydrogens is 1380 g/mol. The highest BCUT2D eigenvalue weighted by atomic mass is 16.8. The van der Waals surface area contributed by atoms with Crippen LogP contribution in [0.15, 0.2) is 12.2 Å². The van der Waals surface area contributed by atoms with Crippen LogP contribution in [0.1, 0.15) is 374 Å². The number of aliphatic hydroxyl groups excluding tert-OH is 11. The van der Waals surface area contributed by atoms with Crippen molar-refractivity contribution in [2.45, 2.75) is 484 Å². The molecule has 0 aromatic heterocycles. The van der Waals surface area contributed by atoms with Crippen LogP contribution in [0.5, 0.6) is 0 Å². The summed E-state index contributed by atoms with van der Waals surface area (Å²) < 4.78 is 35.0. The molecule has 3 saturated heterocycles. The molecule has 636 valence electrons. The zero-order valence-electron chi connectivity index (χ0n) is 67.7. The fraction of sp³-hybridized carbons (Fsp3) is 0.941. The van der Waals surface area contributed by atoms with Crippen LogP contribution in [-0.4, -0.2) is 215 Å². The Labute approximate surface area is 651 Å². The highest BCUT2D eigenvalue weighted by Crippen LogP contribution is 2.39. The number of aliphatic hydroxyl groups is 11. The Balaban J connectivity index is 1.47. The Hall–Kier alpha value is -2.53.